The summed E-state index contributed by atoms with van der Waals surface area (Å²) in [5.74, 6) is -0.161. The Morgan fingerprint density at radius 2 is 2.20 bits per heavy atom. The molecule has 0 aromatic rings. The molecule has 1 N–H and O–H groups in total. The molecule has 0 spiro atoms. The van der Waals surface area contributed by atoms with E-state index >= 15 is 0 Å². The van der Waals surface area contributed by atoms with Crippen LogP contribution in [0.1, 0.15) is 6.42 Å². The van der Waals surface area contributed by atoms with Gasteiger partial charge in [-0.2, -0.15) is 13.2 Å². The van der Waals surface area contributed by atoms with Crippen molar-refractivity contribution >= 4 is 5.97 Å². The number of rotatable bonds is 4. The minimum Gasteiger partial charge on any atom is -0.492 e. The zero-order valence-electron chi connectivity index (χ0n) is 10.7. The van der Waals surface area contributed by atoms with Gasteiger partial charge in [0.1, 0.15) is 5.76 Å². The molecule has 0 saturated carbocycles. The normalized spacial score (nSPS) is 18.0. The summed E-state index contributed by atoms with van der Waals surface area (Å²) in [5, 5.41) is 1.52. The molecule has 0 saturated heterocycles. The highest BCUT2D eigenvalue weighted by Crippen LogP contribution is 2.25. The lowest BCUT2D eigenvalue weighted by Gasteiger charge is -2.21. The van der Waals surface area contributed by atoms with Crippen LogP contribution in [0.25, 0.3) is 0 Å². The lowest BCUT2D eigenvalue weighted by Crippen LogP contribution is -2.28. The highest BCUT2D eigenvalue weighted by Gasteiger charge is 2.29. The summed E-state index contributed by atoms with van der Waals surface area (Å²) in [6.45, 7) is -0.158. The van der Waals surface area contributed by atoms with Crippen LogP contribution in [0, 0.1) is 0 Å². The smallest absolute Gasteiger partial charge is 0.392 e. The maximum Gasteiger partial charge on any atom is 0.392 e. The Bertz CT molecular complexity index is 495. The summed E-state index contributed by atoms with van der Waals surface area (Å²) < 4.78 is 45.7. The van der Waals surface area contributed by atoms with Crippen molar-refractivity contribution in [3.05, 3.63) is 35.4 Å². The summed E-state index contributed by atoms with van der Waals surface area (Å²) in [7, 11) is 1.28. The number of nitrogens with zero attached hydrogens (tertiary/aromatic N) is 1. The highest BCUT2D eigenvalue weighted by molar-refractivity contribution is 5.91. The second-order valence-corrected chi connectivity index (χ2v) is 4.14. The van der Waals surface area contributed by atoms with Gasteiger partial charge in [0.25, 0.3) is 0 Å². The van der Waals surface area contributed by atoms with Crippen LogP contribution in [0.4, 0.5) is 13.2 Å². The number of fused-ring (bicyclic) bond motifs is 1. The third-order valence-corrected chi connectivity index (χ3v) is 2.74. The molecular formula is C12H13F3N2O3. The number of hydrazine groups is 1. The number of carbonyl (C=O) groups excluding carboxylic acids is 1. The van der Waals surface area contributed by atoms with Gasteiger partial charge in [0.05, 0.1) is 37.6 Å². The molecule has 0 fully saturated rings. The number of allylic oxidation sites excluding steroid dienone is 2. The minimum atomic E-state index is -4.24. The van der Waals surface area contributed by atoms with Gasteiger partial charge in [0.2, 0.25) is 0 Å². The molecule has 8 heteroatoms. The second-order valence-electron chi connectivity index (χ2n) is 4.14. The zero-order valence-corrected chi connectivity index (χ0v) is 10.7. The Balaban J connectivity index is 1.98. The third kappa shape index (κ3) is 3.32. The quantitative estimate of drug-likeness (QED) is 0.797. The topological polar surface area (TPSA) is 50.8 Å². The average Bonchev–Trinajstić information content (AvgIpc) is 2.79. The molecule has 5 nitrogen and oxygen atoms in total. The summed E-state index contributed by atoms with van der Waals surface area (Å²) in [6, 6.07) is 0. The van der Waals surface area contributed by atoms with Crippen LogP contribution in [-0.2, 0) is 14.3 Å². The fraction of sp³-hybridized carbons (Fsp3) is 0.417. The SMILES string of the molecule is COC(=O)C1=C2C=CC(OCCC(F)(F)F)=CN2NC1. The Morgan fingerprint density at radius 1 is 1.45 bits per heavy atom. The number of esters is 1. The molecule has 110 valence electrons. The van der Waals surface area contributed by atoms with Crippen LogP contribution in [0.2, 0.25) is 0 Å². The molecule has 0 aliphatic carbocycles. The summed E-state index contributed by atoms with van der Waals surface area (Å²) in [5.41, 5.74) is 3.94. The lowest BCUT2D eigenvalue weighted by molar-refractivity contribution is -0.142. The van der Waals surface area contributed by atoms with E-state index in [-0.39, 0.29) is 5.76 Å². The molecule has 0 atom stereocenters. The van der Waals surface area contributed by atoms with Crippen LogP contribution in [-0.4, -0.2) is 37.4 Å². The van der Waals surface area contributed by atoms with Crippen molar-refractivity contribution in [1.29, 1.82) is 0 Å². The van der Waals surface area contributed by atoms with E-state index in [0.717, 1.165) is 0 Å². The Kier molecular flexibility index (Phi) is 4.03. The molecule has 0 bridgehead atoms. The van der Waals surface area contributed by atoms with Gasteiger partial charge in [-0.15, -0.1) is 0 Å². The summed E-state index contributed by atoms with van der Waals surface area (Å²) in [6.07, 6.45) is -0.662. The molecule has 2 heterocycles. The van der Waals surface area contributed by atoms with E-state index in [1.165, 1.54) is 24.4 Å². The van der Waals surface area contributed by atoms with E-state index in [2.05, 4.69) is 10.2 Å². The van der Waals surface area contributed by atoms with Crippen LogP contribution in [0.5, 0.6) is 0 Å². The summed E-state index contributed by atoms with van der Waals surface area (Å²) in [4.78, 5) is 11.5. The number of methoxy groups -OCH3 is 1. The number of carbonyl (C=O) groups is 1. The molecule has 2 rings (SSSR count). The molecule has 2 aliphatic rings. The Labute approximate surface area is 113 Å². The number of alkyl halides is 3. The molecule has 20 heavy (non-hydrogen) atoms. The van der Waals surface area contributed by atoms with Crippen molar-refractivity contribution < 1.29 is 27.4 Å². The molecule has 0 aromatic carbocycles. The lowest BCUT2D eigenvalue weighted by atomic mass is 10.2. The predicted octanol–water partition coefficient (Wildman–Crippen LogP) is 1.61. The summed E-state index contributed by atoms with van der Waals surface area (Å²) >= 11 is 0. The van der Waals surface area contributed by atoms with Crippen molar-refractivity contribution in [1.82, 2.24) is 10.4 Å². The van der Waals surface area contributed by atoms with Crippen LogP contribution in [0.3, 0.4) is 0 Å². The average molecular weight is 290 g/mol. The van der Waals surface area contributed by atoms with Crippen molar-refractivity contribution in [2.24, 2.45) is 0 Å². The number of hydrogen-bond donors (Lipinski definition) is 1. The van der Waals surface area contributed by atoms with E-state index in [0.29, 0.717) is 17.8 Å². The van der Waals surface area contributed by atoms with E-state index in [9.17, 15) is 18.0 Å². The number of nitrogens with one attached hydrogen (secondary N) is 1. The molecule has 0 radical (unpaired) electrons. The standard InChI is InChI=1S/C12H13F3N2O3/c1-19-11(18)9-6-16-17-7-8(2-3-10(9)17)20-5-4-12(13,14)15/h2-3,7,16H,4-6H2,1H3. The van der Waals surface area contributed by atoms with Gasteiger partial charge in [-0.05, 0) is 12.2 Å². The largest absolute Gasteiger partial charge is 0.492 e. The Morgan fingerprint density at radius 3 is 2.85 bits per heavy atom. The third-order valence-electron chi connectivity index (χ3n) is 2.74. The van der Waals surface area contributed by atoms with Gasteiger partial charge in [-0.25, -0.2) is 10.2 Å². The fourth-order valence-electron chi connectivity index (χ4n) is 1.78. The first-order chi connectivity index (χ1) is 9.40. The van der Waals surface area contributed by atoms with Gasteiger partial charge in [-0.1, -0.05) is 0 Å². The maximum absolute atomic E-state index is 12.0. The zero-order chi connectivity index (χ0) is 14.8. The van der Waals surface area contributed by atoms with Crippen molar-refractivity contribution in [3.63, 3.8) is 0 Å². The molecule has 0 aromatic heterocycles. The van der Waals surface area contributed by atoms with Gasteiger partial charge in [0.15, 0.2) is 0 Å². The highest BCUT2D eigenvalue weighted by atomic mass is 19.4. The maximum atomic E-state index is 12.0. The monoisotopic (exact) mass is 290 g/mol. The predicted molar refractivity (Wildman–Crippen MR) is 62.7 cm³/mol. The van der Waals surface area contributed by atoms with Gasteiger partial charge in [-0.3, -0.25) is 5.01 Å². The van der Waals surface area contributed by atoms with Crippen LogP contribution < -0.4 is 5.43 Å². The molecule has 2 aliphatic heterocycles. The van der Waals surface area contributed by atoms with Gasteiger partial charge >= 0.3 is 12.1 Å². The van der Waals surface area contributed by atoms with E-state index in [1.54, 1.807) is 6.08 Å². The first-order valence-corrected chi connectivity index (χ1v) is 5.84. The van der Waals surface area contributed by atoms with Gasteiger partial charge in [0, 0.05) is 6.54 Å². The first kappa shape index (κ1) is 14.4. The fourth-order valence-corrected chi connectivity index (χ4v) is 1.78. The van der Waals surface area contributed by atoms with E-state index < -0.39 is 25.2 Å². The van der Waals surface area contributed by atoms with Crippen LogP contribution >= 0.6 is 0 Å². The van der Waals surface area contributed by atoms with Crippen LogP contribution in [0.15, 0.2) is 35.4 Å². The number of halogens is 3. The van der Waals surface area contributed by atoms with Crippen molar-refractivity contribution in [3.8, 4) is 0 Å². The molecule has 0 amide bonds. The second kappa shape index (κ2) is 5.58. The van der Waals surface area contributed by atoms with Crippen molar-refractivity contribution in [2.75, 3.05) is 20.3 Å². The molecular weight excluding hydrogens is 277 g/mol. The van der Waals surface area contributed by atoms with Crippen molar-refractivity contribution in [2.45, 2.75) is 12.6 Å². The molecule has 0 unspecified atom stereocenters. The number of ether oxygens (including phenoxy) is 2. The first-order valence-electron chi connectivity index (χ1n) is 5.84. The van der Waals surface area contributed by atoms with E-state index in [4.69, 9.17) is 4.74 Å². The number of hydrogen-bond acceptors (Lipinski definition) is 5. The van der Waals surface area contributed by atoms with E-state index in [1.807, 2.05) is 0 Å². The minimum absolute atomic E-state index is 0.289. The van der Waals surface area contributed by atoms with Gasteiger partial charge < -0.3 is 9.47 Å². The Hall–Kier alpha value is -1.96.